The molecule has 0 aliphatic heterocycles. The molecule has 5 aromatic carbocycles. The van der Waals surface area contributed by atoms with Gasteiger partial charge in [0.1, 0.15) is 0 Å². The van der Waals surface area contributed by atoms with Gasteiger partial charge in [0.15, 0.2) is 0 Å². The number of hydrogen-bond acceptors (Lipinski definition) is 0. The summed E-state index contributed by atoms with van der Waals surface area (Å²) in [6.07, 6.45) is 2.58. The molecule has 0 spiro atoms. The normalized spacial score (nSPS) is 12.8. The van der Waals surface area contributed by atoms with Gasteiger partial charge >= 0.3 is 25.8 Å². The Hall–Kier alpha value is -1.24. The largest absolute Gasteiger partial charge is 4.00 e. The van der Waals surface area contributed by atoms with E-state index >= 15 is 0 Å². The molecule has 37 heavy (non-hydrogen) atoms. The predicted molar refractivity (Wildman–Crippen MR) is 155 cm³/mol. The van der Waals surface area contributed by atoms with Crippen LogP contribution in [0.2, 0.25) is 0 Å². The van der Waals surface area contributed by atoms with E-state index in [-0.39, 0.29) is 58.6 Å². The molecule has 0 nitrogen and oxygen atoms in total. The summed E-state index contributed by atoms with van der Waals surface area (Å²) in [6.45, 7) is 11.6. The number of halogens is 2. The Morgan fingerprint density at radius 3 is 1.92 bits per heavy atom. The van der Waals surface area contributed by atoms with E-state index in [2.05, 4.69) is 132 Å². The average Bonchev–Trinajstić information content (AvgIpc) is 3.47. The Morgan fingerprint density at radius 2 is 1.30 bits per heavy atom. The van der Waals surface area contributed by atoms with Crippen molar-refractivity contribution in [2.24, 2.45) is 0 Å². The van der Waals surface area contributed by atoms with Gasteiger partial charge in [0.05, 0.1) is 0 Å². The van der Waals surface area contributed by atoms with E-state index in [1.165, 1.54) is 51.1 Å². The molecule has 0 fully saturated rings. The second kappa shape index (κ2) is 16.0. The molecule has 5 aromatic rings. The van der Waals surface area contributed by atoms with Crippen molar-refractivity contribution in [2.75, 3.05) is 0 Å². The van der Waals surface area contributed by atoms with E-state index in [1.54, 1.807) is 5.30 Å². The van der Waals surface area contributed by atoms with Gasteiger partial charge in [-0.1, -0.05) is 90.6 Å². The minimum absolute atomic E-state index is 0. The van der Waals surface area contributed by atoms with Crippen molar-refractivity contribution >= 4 is 34.8 Å². The van der Waals surface area contributed by atoms with Crippen molar-refractivity contribution in [3.05, 3.63) is 103 Å². The van der Waals surface area contributed by atoms with Crippen LogP contribution in [0.15, 0.2) is 97.1 Å². The van der Waals surface area contributed by atoms with E-state index < -0.39 is 0 Å². The third-order valence-corrected chi connectivity index (χ3v) is 10.5. The second-order valence-corrected chi connectivity index (χ2v) is 12.6. The summed E-state index contributed by atoms with van der Waals surface area (Å²) in [6, 6.07) is 35.2. The van der Waals surface area contributed by atoms with Crippen LogP contribution >= 0.6 is 7.92 Å². The fourth-order valence-electron chi connectivity index (χ4n) is 4.87. The molecule has 0 heterocycles. The quantitative estimate of drug-likeness (QED) is 0.143. The molecular formula is C33H37Cl2HfP. The zero-order valence-corrected chi connectivity index (χ0v) is 28.5. The first-order valence-electron chi connectivity index (χ1n) is 12.7. The number of aryl methyl sites for hydroxylation is 1. The molecule has 0 amide bonds. The summed E-state index contributed by atoms with van der Waals surface area (Å²) in [5.41, 5.74) is 5.60. The van der Waals surface area contributed by atoms with Crippen LogP contribution < -0.4 is 30.1 Å². The predicted octanol–water partition coefficient (Wildman–Crippen LogP) is 3.80. The van der Waals surface area contributed by atoms with Crippen molar-refractivity contribution < 1.29 is 50.7 Å². The standard InChI is InChI=1S/C17H24P.C16H13.2ClH.Hf/c1-5-13(3)18(14(4)6-2)17-11-15-9-7-8-10-16(15)12-17;1-12-10-14-8-5-9-15(16(14)11-12)13-6-3-2-4-7-13;;;/h7-14H,5-6H2,1-4H3;2-11H,1H3;2*1H;/q2*-1;;;+4/p-2. The van der Waals surface area contributed by atoms with Gasteiger partial charge in [0.25, 0.3) is 0 Å². The van der Waals surface area contributed by atoms with Crippen molar-refractivity contribution in [3.8, 4) is 11.1 Å². The van der Waals surface area contributed by atoms with Gasteiger partial charge < -0.3 is 24.8 Å². The first-order chi connectivity index (χ1) is 16.5. The maximum Gasteiger partial charge on any atom is 4.00 e. The van der Waals surface area contributed by atoms with Gasteiger partial charge in [-0.05, 0) is 29.7 Å². The van der Waals surface area contributed by atoms with E-state index in [1.807, 2.05) is 0 Å². The van der Waals surface area contributed by atoms with E-state index in [0.29, 0.717) is 0 Å². The summed E-state index contributed by atoms with van der Waals surface area (Å²) < 4.78 is 0. The first-order valence-corrected chi connectivity index (χ1v) is 14.1. The van der Waals surface area contributed by atoms with Crippen molar-refractivity contribution in [2.45, 2.75) is 58.8 Å². The van der Waals surface area contributed by atoms with Crippen LogP contribution in [0.4, 0.5) is 0 Å². The second-order valence-electron chi connectivity index (χ2n) is 9.47. The summed E-state index contributed by atoms with van der Waals surface area (Å²) >= 11 is 0. The number of rotatable bonds is 6. The summed E-state index contributed by atoms with van der Waals surface area (Å²) in [5, 5.41) is 7.11. The molecule has 0 bridgehead atoms. The van der Waals surface area contributed by atoms with E-state index in [9.17, 15) is 0 Å². The Labute approximate surface area is 256 Å². The maximum absolute atomic E-state index is 2.43. The van der Waals surface area contributed by atoms with Gasteiger partial charge in [0, 0.05) is 0 Å². The summed E-state index contributed by atoms with van der Waals surface area (Å²) in [5.74, 6) is 0. The van der Waals surface area contributed by atoms with Crippen LogP contribution in [0, 0.1) is 6.92 Å². The van der Waals surface area contributed by atoms with Gasteiger partial charge in [-0.15, -0.1) is 74.9 Å². The first kappa shape index (κ1) is 33.8. The third-order valence-electron chi connectivity index (χ3n) is 7.01. The fraction of sp³-hybridized carbons (Fsp3) is 0.273. The molecule has 5 rings (SSSR count). The van der Waals surface area contributed by atoms with Crippen LogP contribution in [-0.2, 0) is 25.8 Å². The van der Waals surface area contributed by atoms with Gasteiger partial charge in [-0.25, -0.2) is 0 Å². The topological polar surface area (TPSA) is 0 Å². The van der Waals surface area contributed by atoms with E-state index in [0.717, 1.165) is 11.3 Å². The smallest absolute Gasteiger partial charge is 1.00 e. The molecule has 4 heteroatoms. The molecular weight excluding hydrogens is 677 g/mol. The third kappa shape index (κ3) is 8.13. The van der Waals surface area contributed by atoms with Gasteiger partial charge in [-0.3, -0.25) is 0 Å². The zero-order chi connectivity index (χ0) is 24.1. The molecule has 2 unspecified atom stereocenters. The molecule has 2 atom stereocenters. The Morgan fingerprint density at radius 1 is 0.703 bits per heavy atom. The Kier molecular flexibility index (Phi) is 14.6. The van der Waals surface area contributed by atoms with Gasteiger partial charge in [-0.2, -0.15) is 12.1 Å². The van der Waals surface area contributed by atoms with Gasteiger partial charge in [0.2, 0.25) is 0 Å². The SMILES string of the molecule is CCC(C)P(c1cc2ccccc2[cH-]1)C(C)CC.Cc1cc2c(-c3ccccc3)cccc2[cH-]1.[Cl-].[Cl-].[Hf+4]. The number of fused-ring (bicyclic) bond motifs is 2. The molecule has 0 radical (unpaired) electrons. The molecule has 0 saturated carbocycles. The summed E-state index contributed by atoms with van der Waals surface area (Å²) in [7, 11) is -0.0252. The Bertz CT molecular complexity index is 1300. The van der Waals surface area contributed by atoms with Crippen LogP contribution in [-0.4, -0.2) is 11.3 Å². The minimum atomic E-state index is -0.0252. The number of benzene rings is 3. The molecule has 0 aromatic heterocycles. The molecule has 0 N–H and O–H groups in total. The van der Waals surface area contributed by atoms with E-state index in [4.69, 9.17) is 0 Å². The van der Waals surface area contributed by atoms with Crippen LogP contribution in [0.5, 0.6) is 0 Å². The fourth-order valence-corrected chi connectivity index (χ4v) is 8.12. The van der Waals surface area contributed by atoms with Crippen molar-refractivity contribution in [1.82, 2.24) is 0 Å². The Balaban J connectivity index is 0.000000344. The molecule has 192 valence electrons. The zero-order valence-electron chi connectivity index (χ0n) is 22.5. The number of hydrogen-bond donors (Lipinski definition) is 0. The van der Waals surface area contributed by atoms with Crippen molar-refractivity contribution in [1.29, 1.82) is 0 Å². The minimum Gasteiger partial charge on any atom is -1.00 e. The van der Waals surface area contributed by atoms with Crippen LogP contribution in [0.25, 0.3) is 32.7 Å². The monoisotopic (exact) mass is 714 g/mol. The maximum atomic E-state index is 2.43. The van der Waals surface area contributed by atoms with Crippen molar-refractivity contribution in [3.63, 3.8) is 0 Å². The van der Waals surface area contributed by atoms with Crippen LogP contribution in [0.3, 0.4) is 0 Å². The average molecular weight is 714 g/mol. The van der Waals surface area contributed by atoms with Crippen LogP contribution in [0.1, 0.15) is 46.1 Å². The molecule has 0 aliphatic carbocycles. The summed E-state index contributed by atoms with van der Waals surface area (Å²) in [4.78, 5) is 0. The molecule has 0 saturated heterocycles. The molecule has 0 aliphatic rings.